The second kappa shape index (κ2) is 7.45. The number of aliphatic hydroxyl groups is 2. The van der Waals surface area contributed by atoms with Gasteiger partial charge < -0.3 is 15.5 Å². The second-order valence-corrected chi connectivity index (χ2v) is 6.62. The summed E-state index contributed by atoms with van der Waals surface area (Å²) in [5.41, 5.74) is 3.43. The molecule has 1 aliphatic carbocycles. The van der Waals surface area contributed by atoms with E-state index >= 15 is 0 Å². The predicted octanol–water partition coefficient (Wildman–Crippen LogP) is 2.88. The van der Waals surface area contributed by atoms with E-state index in [0.717, 1.165) is 24.0 Å². The summed E-state index contributed by atoms with van der Waals surface area (Å²) in [7, 11) is 0. The van der Waals surface area contributed by atoms with Crippen LogP contribution in [0.3, 0.4) is 0 Å². The van der Waals surface area contributed by atoms with Crippen LogP contribution in [0.4, 0.5) is 0 Å². The molecule has 4 heteroatoms. The molecule has 2 aromatic rings. The van der Waals surface area contributed by atoms with Crippen molar-refractivity contribution in [2.24, 2.45) is 0 Å². The maximum atomic E-state index is 10.3. The van der Waals surface area contributed by atoms with Gasteiger partial charge >= 0.3 is 0 Å². The Kier molecular flexibility index (Phi) is 5.34. The van der Waals surface area contributed by atoms with Gasteiger partial charge in [0.15, 0.2) is 0 Å². The minimum Gasteiger partial charge on any atom is -0.391 e. The van der Waals surface area contributed by atoms with Gasteiger partial charge in [-0.15, -0.1) is 0 Å². The zero-order chi connectivity index (χ0) is 16.2. The van der Waals surface area contributed by atoms with Crippen molar-refractivity contribution in [2.45, 2.75) is 37.5 Å². The summed E-state index contributed by atoms with van der Waals surface area (Å²) in [6, 6.07) is 15.6. The molecule has 0 bridgehead atoms. The normalized spacial score (nSPS) is 21.7. The van der Waals surface area contributed by atoms with E-state index < -0.39 is 12.2 Å². The Hall–Kier alpha value is -1.39. The summed E-state index contributed by atoms with van der Waals surface area (Å²) in [6.07, 6.45) is 1.26. The second-order valence-electron chi connectivity index (χ2n) is 6.18. The van der Waals surface area contributed by atoms with E-state index in [2.05, 4.69) is 17.4 Å². The molecule has 0 spiro atoms. The van der Waals surface area contributed by atoms with Gasteiger partial charge in [0.2, 0.25) is 0 Å². The molecule has 0 heterocycles. The number of aryl methyl sites for hydroxylation is 1. The van der Waals surface area contributed by atoms with Gasteiger partial charge in [-0.25, -0.2) is 0 Å². The van der Waals surface area contributed by atoms with Crippen LogP contribution >= 0.6 is 11.6 Å². The zero-order valence-corrected chi connectivity index (χ0v) is 13.7. The van der Waals surface area contributed by atoms with Crippen LogP contribution in [0.1, 0.15) is 29.2 Å². The molecule has 23 heavy (non-hydrogen) atoms. The Morgan fingerprint density at radius 1 is 1.17 bits per heavy atom. The first-order valence-electron chi connectivity index (χ1n) is 8.05. The third-order valence-electron chi connectivity index (χ3n) is 4.42. The molecule has 3 rings (SSSR count). The molecule has 0 aromatic heterocycles. The number of hydrogen-bond acceptors (Lipinski definition) is 3. The van der Waals surface area contributed by atoms with Crippen LogP contribution < -0.4 is 5.32 Å². The van der Waals surface area contributed by atoms with Crippen molar-refractivity contribution in [3.05, 3.63) is 70.2 Å². The Morgan fingerprint density at radius 2 is 2.00 bits per heavy atom. The molecule has 3 atom stereocenters. The highest BCUT2D eigenvalue weighted by Crippen LogP contribution is 2.29. The van der Waals surface area contributed by atoms with Gasteiger partial charge in [0, 0.05) is 11.6 Å². The van der Waals surface area contributed by atoms with Crippen molar-refractivity contribution in [3.8, 4) is 0 Å². The van der Waals surface area contributed by atoms with E-state index in [1.54, 1.807) is 0 Å². The van der Waals surface area contributed by atoms with E-state index in [1.165, 1.54) is 5.56 Å². The van der Waals surface area contributed by atoms with Gasteiger partial charge in [-0.05, 0) is 48.1 Å². The fraction of sp³-hybridized carbons (Fsp3) is 0.368. The van der Waals surface area contributed by atoms with Crippen LogP contribution in [0.5, 0.6) is 0 Å². The molecule has 0 saturated heterocycles. The Balaban J connectivity index is 1.61. The van der Waals surface area contributed by atoms with Crippen LogP contribution in [0.15, 0.2) is 48.5 Å². The van der Waals surface area contributed by atoms with Crippen LogP contribution in [0.25, 0.3) is 0 Å². The molecule has 0 radical (unpaired) electrons. The first-order valence-corrected chi connectivity index (χ1v) is 8.43. The smallest absolute Gasteiger partial charge is 0.0738 e. The molecular weight excluding hydrogens is 310 g/mol. The molecule has 0 aliphatic heterocycles. The van der Waals surface area contributed by atoms with Gasteiger partial charge in [0.25, 0.3) is 0 Å². The van der Waals surface area contributed by atoms with Gasteiger partial charge in [-0.2, -0.15) is 0 Å². The van der Waals surface area contributed by atoms with Crippen LogP contribution in [-0.4, -0.2) is 29.0 Å². The van der Waals surface area contributed by atoms with Crippen LogP contribution in [-0.2, 0) is 12.8 Å². The minimum absolute atomic E-state index is 0.117. The van der Waals surface area contributed by atoms with E-state index in [0.29, 0.717) is 18.0 Å². The van der Waals surface area contributed by atoms with Gasteiger partial charge in [-0.3, -0.25) is 0 Å². The standard InChI is InChI=1S/C19H22ClNO2/c20-15-6-3-4-13(10-15)11-16(22)12-21-19-17-7-2-1-5-14(17)8-9-18(19)23/h1-7,10,16,18-19,21-23H,8-9,11-12H2/t16?,18-,19+/m1/s1. The number of nitrogens with one attached hydrogen (secondary N) is 1. The van der Waals surface area contributed by atoms with Crippen molar-refractivity contribution in [3.63, 3.8) is 0 Å². The number of aliphatic hydroxyl groups excluding tert-OH is 2. The average molecular weight is 332 g/mol. The SMILES string of the molecule is OC(CN[C@H]1c2ccccc2CC[C@H]1O)Cc1cccc(Cl)c1. The van der Waals surface area contributed by atoms with Gasteiger partial charge in [-0.1, -0.05) is 48.0 Å². The highest BCUT2D eigenvalue weighted by Gasteiger charge is 2.27. The highest BCUT2D eigenvalue weighted by molar-refractivity contribution is 6.30. The fourth-order valence-corrected chi connectivity index (χ4v) is 3.47. The topological polar surface area (TPSA) is 52.5 Å². The van der Waals surface area contributed by atoms with Crippen molar-refractivity contribution < 1.29 is 10.2 Å². The molecule has 0 saturated carbocycles. The largest absolute Gasteiger partial charge is 0.391 e. The monoisotopic (exact) mass is 331 g/mol. The summed E-state index contributed by atoms with van der Waals surface area (Å²) in [5, 5.41) is 24.6. The summed E-state index contributed by atoms with van der Waals surface area (Å²) < 4.78 is 0. The summed E-state index contributed by atoms with van der Waals surface area (Å²) in [4.78, 5) is 0. The highest BCUT2D eigenvalue weighted by atomic mass is 35.5. The number of halogens is 1. The molecule has 0 fully saturated rings. The first kappa shape index (κ1) is 16.5. The first-order chi connectivity index (χ1) is 11.1. The molecule has 3 N–H and O–H groups in total. The average Bonchev–Trinajstić information content (AvgIpc) is 2.54. The Morgan fingerprint density at radius 3 is 2.83 bits per heavy atom. The van der Waals surface area contributed by atoms with E-state index in [9.17, 15) is 10.2 Å². The van der Waals surface area contributed by atoms with Crippen molar-refractivity contribution in [2.75, 3.05) is 6.54 Å². The summed E-state index contributed by atoms with van der Waals surface area (Å²) >= 11 is 5.97. The van der Waals surface area contributed by atoms with Gasteiger partial charge in [0.1, 0.15) is 0 Å². The van der Waals surface area contributed by atoms with Crippen molar-refractivity contribution >= 4 is 11.6 Å². The molecule has 3 nitrogen and oxygen atoms in total. The minimum atomic E-state index is -0.519. The fourth-order valence-electron chi connectivity index (χ4n) is 3.26. The van der Waals surface area contributed by atoms with Gasteiger partial charge in [0.05, 0.1) is 18.2 Å². The number of benzene rings is 2. The molecule has 1 aliphatic rings. The molecule has 2 aromatic carbocycles. The maximum absolute atomic E-state index is 10.3. The third-order valence-corrected chi connectivity index (χ3v) is 4.65. The third kappa shape index (κ3) is 4.12. The molecule has 1 unspecified atom stereocenters. The van der Waals surface area contributed by atoms with Crippen molar-refractivity contribution in [1.82, 2.24) is 5.32 Å². The van der Waals surface area contributed by atoms with E-state index in [4.69, 9.17) is 11.6 Å². The Labute approximate surface area is 141 Å². The lowest BCUT2D eigenvalue weighted by molar-refractivity contribution is 0.0964. The lowest BCUT2D eigenvalue weighted by Crippen LogP contribution is -2.40. The lowest BCUT2D eigenvalue weighted by Gasteiger charge is -2.31. The molecular formula is C19H22ClNO2. The quantitative estimate of drug-likeness (QED) is 0.789. The number of rotatable bonds is 5. The Bertz CT molecular complexity index is 661. The van der Waals surface area contributed by atoms with Crippen LogP contribution in [0.2, 0.25) is 5.02 Å². The van der Waals surface area contributed by atoms with Crippen molar-refractivity contribution in [1.29, 1.82) is 0 Å². The molecule has 0 amide bonds. The summed E-state index contributed by atoms with van der Waals surface area (Å²) in [6.45, 7) is 0.433. The van der Waals surface area contributed by atoms with E-state index in [-0.39, 0.29) is 6.04 Å². The molecule has 122 valence electrons. The lowest BCUT2D eigenvalue weighted by atomic mass is 9.85. The number of fused-ring (bicyclic) bond motifs is 1. The maximum Gasteiger partial charge on any atom is 0.0738 e. The van der Waals surface area contributed by atoms with Crippen LogP contribution in [0, 0.1) is 0 Å². The van der Waals surface area contributed by atoms with E-state index in [1.807, 2.05) is 36.4 Å². The number of hydrogen-bond donors (Lipinski definition) is 3. The summed E-state index contributed by atoms with van der Waals surface area (Å²) in [5.74, 6) is 0. The zero-order valence-electron chi connectivity index (χ0n) is 13.0. The predicted molar refractivity (Wildman–Crippen MR) is 92.7 cm³/mol.